The number of phenolic OH excluding ortho intramolecular Hbond substituents is 1. The van der Waals surface area contributed by atoms with Crippen LogP contribution in [0.1, 0.15) is 16.1 Å². The smallest absolute Gasteiger partial charge is 0.307 e. The van der Waals surface area contributed by atoms with Gasteiger partial charge in [-0.25, -0.2) is 5.43 Å². The van der Waals surface area contributed by atoms with Gasteiger partial charge in [0.05, 0.1) is 17.8 Å². The van der Waals surface area contributed by atoms with Gasteiger partial charge in [-0.2, -0.15) is 5.10 Å². The highest BCUT2D eigenvalue weighted by atomic mass is 79.9. The summed E-state index contributed by atoms with van der Waals surface area (Å²) in [6.07, 6.45) is 1.32. The minimum Gasteiger partial charge on any atom is -0.504 e. The average Bonchev–Trinajstić information content (AvgIpc) is 3.01. The van der Waals surface area contributed by atoms with Crippen LogP contribution in [0.2, 0.25) is 0 Å². The molecule has 1 heterocycles. The highest BCUT2D eigenvalue weighted by Crippen LogP contribution is 2.33. The Bertz CT molecular complexity index is 1030. The lowest BCUT2D eigenvalue weighted by Gasteiger charge is -2.06. The van der Waals surface area contributed by atoms with E-state index >= 15 is 0 Å². The van der Waals surface area contributed by atoms with Crippen molar-refractivity contribution in [1.29, 1.82) is 0 Å². The van der Waals surface area contributed by atoms with Crippen LogP contribution in [0, 0.1) is 0 Å². The number of hydrazone groups is 1. The standard InChI is InChI=1S/C17H11Br3N2O4/c1-25-13-6-11(19)3-9(15(13)23)7-21-22-17(24)14-4-8-2-10(18)5-12(20)16(8)26-14/h2-7,23H,1H3,(H,22,24)/b21-7-. The van der Waals surface area contributed by atoms with Gasteiger partial charge in [0.1, 0.15) is 5.58 Å². The number of carbonyl (C=O) groups excluding carboxylic acids is 1. The van der Waals surface area contributed by atoms with E-state index in [2.05, 4.69) is 58.3 Å². The number of amides is 1. The van der Waals surface area contributed by atoms with E-state index < -0.39 is 5.91 Å². The summed E-state index contributed by atoms with van der Waals surface area (Å²) in [7, 11) is 1.45. The molecule has 0 saturated carbocycles. The minimum absolute atomic E-state index is 0.0776. The summed E-state index contributed by atoms with van der Waals surface area (Å²) in [6.45, 7) is 0. The number of rotatable bonds is 4. The first-order valence-corrected chi connectivity index (χ1v) is 9.55. The lowest BCUT2D eigenvalue weighted by molar-refractivity contribution is 0.0929. The molecule has 3 aromatic rings. The van der Waals surface area contributed by atoms with Crippen LogP contribution >= 0.6 is 47.8 Å². The van der Waals surface area contributed by atoms with Gasteiger partial charge in [-0.15, -0.1) is 0 Å². The maximum Gasteiger partial charge on any atom is 0.307 e. The maximum atomic E-state index is 12.2. The van der Waals surface area contributed by atoms with E-state index in [1.807, 2.05) is 12.1 Å². The number of benzene rings is 2. The number of halogens is 3. The summed E-state index contributed by atoms with van der Waals surface area (Å²) in [5.41, 5.74) is 3.32. The van der Waals surface area contributed by atoms with Gasteiger partial charge in [0.25, 0.3) is 0 Å². The number of phenols is 1. The molecule has 3 rings (SSSR count). The molecule has 1 aromatic heterocycles. The van der Waals surface area contributed by atoms with Gasteiger partial charge >= 0.3 is 5.91 Å². The topological polar surface area (TPSA) is 84.1 Å². The summed E-state index contributed by atoms with van der Waals surface area (Å²) in [5.74, 6) is -0.181. The third kappa shape index (κ3) is 3.94. The van der Waals surface area contributed by atoms with Crippen LogP contribution in [0.3, 0.4) is 0 Å². The van der Waals surface area contributed by atoms with Crippen molar-refractivity contribution in [2.45, 2.75) is 0 Å². The predicted octanol–water partition coefficient (Wildman–Crippen LogP) is 5.20. The number of nitrogens with one attached hydrogen (secondary N) is 1. The first-order valence-electron chi connectivity index (χ1n) is 7.17. The van der Waals surface area contributed by atoms with Crippen molar-refractivity contribution >= 4 is 70.9 Å². The molecule has 134 valence electrons. The Morgan fingerprint density at radius 2 is 1.92 bits per heavy atom. The van der Waals surface area contributed by atoms with Crippen molar-refractivity contribution in [3.8, 4) is 11.5 Å². The van der Waals surface area contributed by atoms with E-state index in [0.29, 0.717) is 21.4 Å². The summed E-state index contributed by atoms with van der Waals surface area (Å²) < 4.78 is 12.9. The van der Waals surface area contributed by atoms with Crippen LogP contribution in [0.5, 0.6) is 11.5 Å². The Hall–Kier alpha value is -1.84. The molecule has 26 heavy (non-hydrogen) atoms. The SMILES string of the molecule is COc1cc(Br)cc(/C=N\NC(=O)c2cc3cc(Br)cc(Br)c3o2)c1O. The Kier molecular flexibility index (Phi) is 5.69. The van der Waals surface area contributed by atoms with Crippen LogP contribution in [-0.4, -0.2) is 24.3 Å². The van der Waals surface area contributed by atoms with Crippen molar-refractivity contribution in [3.63, 3.8) is 0 Å². The molecule has 2 N–H and O–H groups in total. The number of hydrogen-bond acceptors (Lipinski definition) is 5. The molecule has 2 aromatic carbocycles. The quantitative estimate of drug-likeness (QED) is 0.348. The molecular weight excluding hydrogens is 536 g/mol. The highest BCUT2D eigenvalue weighted by Gasteiger charge is 2.14. The summed E-state index contributed by atoms with van der Waals surface area (Å²) in [5, 5.41) is 14.7. The van der Waals surface area contributed by atoms with Crippen LogP contribution < -0.4 is 10.2 Å². The number of carbonyl (C=O) groups is 1. The summed E-state index contributed by atoms with van der Waals surface area (Å²) in [6, 6.07) is 8.55. The van der Waals surface area contributed by atoms with E-state index in [4.69, 9.17) is 9.15 Å². The van der Waals surface area contributed by atoms with Gasteiger partial charge < -0.3 is 14.3 Å². The predicted molar refractivity (Wildman–Crippen MR) is 109 cm³/mol. The summed E-state index contributed by atoms with van der Waals surface area (Å²) >= 11 is 10.1. The second-order valence-electron chi connectivity index (χ2n) is 5.16. The van der Waals surface area contributed by atoms with Crippen molar-refractivity contribution in [1.82, 2.24) is 5.43 Å². The molecule has 0 saturated heterocycles. The van der Waals surface area contributed by atoms with Crippen molar-refractivity contribution in [3.05, 3.63) is 55.1 Å². The highest BCUT2D eigenvalue weighted by molar-refractivity contribution is 9.11. The molecule has 9 heteroatoms. The van der Waals surface area contributed by atoms with Crippen LogP contribution in [-0.2, 0) is 0 Å². The van der Waals surface area contributed by atoms with Gasteiger partial charge in [-0.1, -0.05) is 31.9 Å². The van der Waals surface area contributed by atoms with E-state index in [0.717, 1.165) is 14.3 Å². The Labute approximate surface area is 173 Å². The van der Waals surface area contributed by atoms with Crippen LogP contribution in [0.25, 0.3) is 11.0 Å². The zero-order valence-corrected chi connectivity index (χ0v) is 18.0. The number of fused-ring (bicyclic) bond motifs is 1. The molecule has 0 aliphatic carbocycles. The zero-order valence-electron chi connectivity index (χ0n) is 13.2. The largest absolute Gasteiger partial charge is 0.504 e. The molecule has 1 amide bonds. The lowest BCUT2D eigenvalue weighted by atomic mass is 10.2. The Balaban J connectivity index is 1.80. The van der Waals surface area contributed by atoms with E-state index in [1.54, 1.807) is 18.2 Å². The van der Waals surface area contributed by atoms with E-state index in [-0.39, 0.29) is 11.5 Å². The Morgan fingerprint density at radius 1 is 1.19 bits per heavy atom. The molecule has 0 atom stereocenters. The number of nitrogens with zero attached hydrogens (tertiary/aromatic N) is 1. The second-order valence-corrected chi connectivity index (χ2v) is 7.85. The van der Waals surface area contributed by atoms with Gasteiger partial charge in [0.2, 0.25) is 0 Å². The first-order chi connectivity index (χ1) is 12.4. The number of ether oxygens (including phenoxy) is 1. The number of methoxy groups -OCH3 is 1. The van der Waals surface area contributed by atoms with Gasteiger partial charge in [-0.3, -0.25) is 4.79 Å². The lowest BCUT2D eigenvalue weighted by Crippen LogP contribution is -2.16. The average molecular weight is 547 g/mol. The van der Waals surface area contributed by atoms with E-state index in [9.17, 15) is 9.90 Å². The molecule has 0 radical (unpaired) electrons. The van der Waals surface area contributed by atoms with E-state index in [1.165, 1.54) is 13.3 Å². The van der Waals surface area contributed by atoms with Crippen molar-refractivity contribution in [2.24, 2.45) is 5.10 Å². The molecule has 0 aliphatic heterocycles. The number of hydrogen-bond donors (Lipinski definition) is 2. The van der Waals surface area contributed by atoms with Crippen LogP contribution in [0.15, 0.2) is 53.3 Å². The second kappa shape index (κ2) is 7.81. The molecule has 0 unspecified atom stereocenters. The Morgan fingerprint density at radius 3 is 2.65 bits per heavy atom. The fourth-order valence-corrected chi connectivity index (χ4v) is 4.05. The zero-order chi connectivity index (χ0) is 18.8. The number of furan rings is 1. The molecule has 0 aliphatic rings. The molecule has 6 nitrogen and oxygen atoms in total. The monoisotopic (exact) mass is 544 g/mol. The van der Waals surface area contributed by atoms with Crippen molar-refractivity contribution in [2.75, 3.05) is 7.11 Å². The maximum absolute atomic E-state index is 12.2. The van der Waals surface area contributed by atoms with Gasteiger partial charge in [0, 0.05) is 19.9 Å². The molecule has 0 spiro atoms. The first kappa shape index (κ1) is 18.9. The minimum atomic E-state index is -0.512. The molecule has 0 bridgehead atoms. The fraction of sp³-hybridized carbons (Fsp3) is 0.0588. The van der Waals surface area contributed by atoms with Gasteiger partial charge in [0.15, 0.2) is 17.3 Å². The summed E-state index contributed by atoms with van der Waals surface area (Å²) in [4.78, 5) is 12.2. The van der Waals surface area contributed by atoms with Crippen molar-refractivity contribution < 1.29 is 19.1 Å². The number of aromatic hydroxyl groups is 1. The van der Waals surface area contributed by atoms with Gasteiger partial charge in [-0.05, 0) is 46.3 Å². The fourth-order valence-electron chi connectivity index (χ4n) is 2.25. The third-order valence-corrected chi connectivity index (χ3v) is 4.92. The third-order valence-electron chi connectivity index (χ3n) is 3.42. The molecular formula is C17H11Br3N2O4. The normalized spacial score (nSPS) is 11.2. The van der Waals surface area contributed by atoms with Crippen LogP contribution in [0.4, 0.5) is 0 Å². The molecule has 0 fully saturated rings.